The predicted octanol–water partition coefficient (Wildman–Crippen LogP) is 2.88. The molecule has 0 saturated carbocycles. The number of hydrogen-bond donors (Lipinski definition) is 1. The van der Waals surface area contributed by atoms with Crippen molar-refractivity contribution in [3.63, 3.8) is 0 Å². The first-order valence-electron chi connectivity index (χ1n) is 7.57. The summed E-state index contributed by atoms with van der Waals surface area (Å²) in [6.07, 6.45) is -0.414. The second-order valence-electron chi connectivity index (χ2n) is 6.76. The van der Waals surface area contributed by atoms with Gasteiger partial charge in [0.25, 0.3) is 0 Å². The topological polar surface area (TPSA) is 74.8 Å². The van der Waals surface area contributed by atoms with Crippen LogP contribution in [0.4, 0.5) is 16.3 Å². The van der Waals surface area contributed by atoms with Gasteiger partial charge in [-0.3, -0.25) is 4.79 Å². The number of hydrogen-bond acceptors (Lipinski definition) is 5. The van der Waals surface area contributed by atoms with Crippen molar-refractivity contribution in [2.75, 3.05) is 29.9 Å². The molecule has 2 aliphatic heterocycles. The molecule has 1 fully saturated rings. The van der Waals surface area contributed by atoms with E-state index in [1.807, 2.05) is 25.7 Å². The predicted molar refractivity (Wildman–Crippen MR) is 94.5 cm³/mol. The second kappa shape index (κ2) is 6.07. The zero-order valence-electron chi connectivity index (χ0n) is 13.6. The third-order valence-corrected chi connectivity index (χ3v) is 4.90. The van der Waals surface area contributed by atoms with Crippen molar-refractivity contribution in [2.45, 2.75) is 32.4 Å². The highest BCUT2D eigenvalue weighted by atomic mass is 79.9. The number of piperazine rings is 1. The molecule has 7 nitrogen and oxygen atoms in total. The molecule has 1 unspecified atom stereocenters. The summed E-state index contributed by atoms with van der Waals surface area (Å²) in [4.78, 5) is 32.5. The Labute approximate surface area is 153 Å². The number of rotatable bonds is 0. The van der Waals surface area contributed by atoms with Crippen molar-refractivity contribution < 1.29 is 14.3 Å². The minimum Gasteiger partial charge on any atom is -0.444 e. The minimum absolute atomic E-state index is 0.174. The van der Waals surface area contributed by atoms with Gasteiger partial charge in [0.15, 0.2) is 5.82 Å². The monoisotopic (exact) mass is 416 g/mol. The Bertz CT molecular complexity index is 707. The number of aromatic nitrogens is 1. The Morgan fingerprint density at radius 1 is 1.46 bits per heavy atom. The normalized spacial score (nSPS) is 20.2. The molecule has 1 aromatic rings. The molecule has 9 heteroatoms. The van der Waals surface area contributed by atoms with Gasteiger partial charge in [-0.15, -0.1) is 0 Å². The Morgan fingerprint density at radius 2 is 2.17 bits per heavy atom. The van der Waals surface area contributed by atoms with Crippen LogP contribution in [0.25, 0.3) is 0 Å². The maximum absolute atomic E-state index is 12.4. The molecule has 2 aliphatic rings. The average molecular weight is 418 g/mol. The molecule has 1 N–H and O–H groups in total. The van der Waals surface area contributed by atoms with Crippen LogP contribution in [0.1, 0.15) is 20.8 Å². The third kappa shape index (κ3) is 3.30. The van der Waals surface area contributed by atoms with E-state index in [4.69, 9.17) is 16.3 Å². The van der Waals surface area contributed by atoms with Crippen LogP contribution in [0, 0.1) is 0 Å². The van der Waals surface area contributed by atoms with Gasteiger partial charge in [-0.25, -0.2) is 9.78 Å². The van der Waals surface area contributed by atoms with Crippen LogP contribution in [-0.4, -0.2) is 53.2 Å². The first-order chi connectivity index (χ1) is 11.2. The number of halogens is 2. The maximum atomic E-state index is 12.4. The molecule has 1 atom stereocenters. The zero-order valence-corrected chi connectivity index (χ0v) is 15.9. The van der Waals surface area contributed by atoms with Crippen LogP contribution in [-0.2, 0) is 9.53 Å². The number of nitrogens with zero attached hydrogens (tertiary/aromatic N) is 3. The summed E-state index contributed by atoms with van der Waals surface area (Å²) in [5.41, 5.74) is 0.0371. The van der Waals surface area contributed by atoms with Gasteiger partial charge < -0.3 is 19.9 Å². The Balaban J connectivity index is 1.82. The number of ether oxygens (including phenoxy) is 1. The van der Waals surface area contributed by atoms with Crippen LogP contribution in [0.5, 0.6) is 0 Å². The lowest BCUT2D eigenvalue weighted by Gasteiger charge is -2.44. The van der Waals surface area contributed by atoms with Crippen molar-refractivity contribution in [1.29, 1.82) is 0 Å². The van der Waals surface area contributed by atoms with Crippen molar-refractivity contribution >= 4 is 51.0 Å². The molecule has 130 valence electrons. The SMILES string of the molecule is CC(C)(C)OC(=O)N1CCN2c3nc(Cl)c(Br)cc3NC(=O)C2C1. The number of carbonyl (C=O) groups excluding carboxylic acids is 2. The fourth-order valence-corrected chi connectivity index (χ4v) is 3.19. The molecular weight excluding hydrogens is 400 g/mol. The van der Waals surface area contributed by atoms with Gasteiger partial charge in [0.05, 0.1) is 16.7 Å². The Hall–Kier alpha value is -1.54. The summed E-state index contributed by atoms with van der Waals surface area (Å²) in [7, 11) is 0. The standard InChI is InChI=1S/C15H18BrClN4O3/c1-15(2,3)24-14(23)20-4-5-21-10(7-20)13(22)18-9-6-8(16)11(17)19-12(9)21/h6,10H,4-5,7H2,1-3H3,(H,18,22). The second-order valence-corrected chi connectivity index (χ2v) is 7.97. The average Bonchev–Trinajstić information content (AvgIpc) is 2.47. The highest BCUT2D eigenvalue weighted by molar-refractivity contribution is 9.10. The van der Waals surface area contributed by atoms with E-state index in [1.54, 1.807) is 11.0 Å². The minimum atomic E-state index is -0.572. The van der Waals surface area contributed by atoms with Gasteiger partial charge in [0.2, 0.25) is 5.91 Å². The largest absolute Gasteiger partial charge is 0.444 e. The van der Waals surface area contributed by atoms with Gasteiger partial charge in [-0.2, -0.15) is 0 Å². The van der Waals surface area contributed by atoms with E-state index in [2.05, 4.69) is 26.2 Å². The van der Waals surface area contributed by atoms with E-state index in [1.165, 1.54) is 0 Å². The molecule has 1 saturated heterocycles. The number of fused-ring (bicyclic) bond motifs is 3. The van der Waals surface area contributed by atoms with E-state index in [0.717, 1.165) is 0 Å². The smallest absolute Gasteiger partial charge is 0.410 e. The number of nitrogens with one attached hydrogen (secondary N) is 1. The lowest BCUT2D eigenvalue weighted by atomic mass is 10.1. The maximum Gasteiger partial charge on any atom is 0.410 e. The lowest BCUT2D eigenvalue weighted by molar-refractivity contribution is -0.118. The van der Waals surface area contributed by atoms with E-state index in [-0.39, 0.29) is 12.5 Å². The Kier molecular flexibility index (Phi) is 4.37. The first-order valence-corrected chi connectivity index (χ1v) is 8.74. The van der Waals surface area contributed by atoms with Gasteiger partial charge in [-0.05, 0) is 42.8 Å². The summed E-state index contributed by atoms with van der Waals surface area (Å²) in [6, 6.07) is 1.22. The van der Waals surface area contributed by atoms with Crippen molar-refractivity contribution in [1.82, 2.24) is 9.88 Å². The van der Waals surface area contributed by atoms with Gasteiger partial charge >= 0.3 is 6.09 Å². The molecule has 1 aromatic heterocycles. The van der Waals surface area contributed by atoms with Crippen LogP contribution >= 0.6 is 27.5 Å². The molecule has 0 spiro atoms. The third-order valence-electron chi connectivity index (χ3n) is 3.78. The first kappa shape index (κ1) is 17.3. The molecular formula is C15H18BrClN4O3. The number of anilines is 2. The van der Waals surface area contributed by atoms with Gasteiger partial charge in [-0.1, -0.05) is 11.6 Å². The summed E-state index contributed by atoms with van der Waals surface area (Å²) >= 11 is 9.39. The van der Waals surface area contributed by atoms with Gasteiger partial charge in [0, 0.05) is 13.1 Å². The summed E-state index contributed by atoms with van der Waals surface area (Å²) in [5, 5.41) is 3.16. The molecule has 24 heavy (non-hydrogen) atoms. The van der Waals surface area contributed by atoms with Crippen LogP contribution < -0.4 is 10.2 Å². The molecule has 3 heterocycles. The lowest BCUT2D eigenvalue weighted by Crippen LogP contribution is -2.61. The number of pyridine rings is 1. The van der Waals surface area contributed by atoms with Crippen LogP contribution in [0.2, 0.25) is 5.15 Å². The fraction of sp³-hybridized carbons (Fsp3) is 0.533. The van der Waals surface area contributed by atoms with E-state index >= 15 is 0 Å². The van der Waals surface area contributed by atoms with Crippen LogP contribution in [0.15, 0.2) is 10.5 Å². The molecule has 3 rings (SSSR count). The highest BCUT2D eigenvalue weighted by Gasteiger charge is 2.40. The molecule has 0 aromatic carbocycles. The molecule has 0 bridgehead atoms. The molecule has 0 radical (unpaired) electrons. The summed E-state index contributed by atoms with van der Waals surface area (Å²) < 4.78 is 6.01. The number of amides is 2. The van der Waals surface area contributed by atoms with Crippen molar-refractivity contribution in [3.05, 3.63) is 15.7 Å². The zero-order chi connectivity index (χ0) is 17.6. The summed E-state index contributed by atoms with van der Waals surface area (Å²) in [6.45, 7) is 6.62. The quantitative estimate of drug-likeness (QED) is 0.657. The molecule has 2 amide bonds. The summed E-state index contributed by atoms with van der Waals surface area (Å²) in [5.74, 6) is 0.448. The van der Waals surface area contributed by atoms with Crippen LogP contribution in [0.3, 0.4) is 0 Å². The van der Waals surface area contributed by atoms with Gasteiger partial charge in [0.1, 0.15) is 16.8 Å². The van der Waals surface area contributed by atoms with E-state index < -0.39 is 17.7 Å². The van der Waals surface area contributed by atoms with E-state index in [9.17, 15) is 9.59 Å². The molecule has 0 aliphatic carbocycles. The highest BCUT2D eigenvalue weighted by Crippen LogP contribution is 2.36. The Morgan fingerprint density at radius 3 is 2.83 bits per heavy atom. The van der Waals surface area contributed by atoms with E-state index in [0.29, 0.717) is 34.2 Å². The number of carbonyl (C=O) groups is 2. The fourth-order valence-electron chi connectivity index (χ4n) is 2.74. The van der Waals surface area contributed by atoms with Crippen molar-refractivity contribution in [2.24, 2.45) is 0 Å². The van der Waals surface area contributed by atoms with Crippen molar-refractivity contribution in [3.8, 4) is 0 Å².